The number of nitrogens with zero attached hydrogens (tertiary/aromatic N) is 2. The molecule has 4 heteroatoms. The molecule has 3 rings (SSSR count). The number of amides is 1. The third-order valence-corrected chi connectivity index (χ3v) is 5.29. The van der Waals surface area contributed by atoms with E-state index in [1.165, 1.54) is 11.1 Å². The molecule has 0 radical (unpaired) electrons. The van der Waals surface area contributed by atoms with Crippen molar-refractivity contribution in [1.82, 2.24) is 15.1 Å². The fourth-order valence-electron chi connectivity index (χ4n) is 3.49. The van der Waals surface area contributed by atoms with E-state index in [-0.39, 0.29) is 11.9 Å². The maximum atomic E-state index is 12.7. The van der Waals surface area contributed by atoms with Crippen LogP contribution in [0.1, 0.15) is 33.1 Å². The van der Waals surface area contributed by atoms with E-state index in [1.807, 2.05) is 31.2 Å². The molecule has 2 aromatic carbocycles. The lowest BCUT2D eigenvalue weighted by Crippen LogP contribution is -2.48. The summed E-state index contributed by atoms with van der Waals surface area (Å²) in [6.45, 7) is 8.88. The minimum Gasteiger partial charge on any atom is -0.350 e. The molecule has 1 heterocycles. The van der Waals surface area contributed by atoms with Crippen LogP contribution in [0.3, 0.4) is 0 Å². The van der Waals surface area contributed by atoms with Crippen molar-refractivity contribution in [1.29, 1.82) is 0 Å². The average molecular weight is 351 g/mol. The molecular formula is C22H29N3O. The third kappa shape index (κ3) is 4.51. The van der Waals surface area contributed by atoms with Gasteiger partial charge in [-0.2, -0.15) is 0 Å². The van der Waals surface area contributed by atoms with E-state index >= 15 is 0 Å². The lowest BCUT2D eigenvalue weighted by molar-refractivity contribution is 0.0885. The van der Waals surface area contributed by atoms with Crippen LogP contribution in [0.5, 0.6) is 0 Å². The standard InChI is InChI=1S/C22H29N3O/c1-17-8-10-19(11-9-17)21(25-14-12-24(3)13-15-25)16-23-22(26)20-7-5-4-6-18(20)2/h4-11,21H,12-16H2,1-3H3,(H,23,26)/t21-/m1/s1. The number of benzene rings is 2. The number of likely N-dealkylation sites (N-methyl/N-ethyl adjacent to an activating group) is 1. The van der Waals surface area contributed by atoms with E-state index in [2.05, 4.69) is 53.4 Å². The Hall–Kier alpha value is -2.17. The van der Waals surface area contributed by atoms with Gasteiger partial charge in [0.1, 0.15) is 0 Å². The summed E-state index contributed by atoms with van der Waals surface area (Å²) in [6.07, 6.45) is 0. The molecule has 1 aliphatic rings. The summed E-state index contributed by atoms with van der Waals surface area (Å²) in [7, 11) is 2.16. The monoisotopic (exact) mass is 351 g/mol. The van der Waals surface area contributed by atoms with Crippen LogP contribution in [-0.4, -0.2) is 55.5 Å². The van der Waals surface area contributed by atoms with Gasteiger partial charge < -0.3 is 10.2 Å². The van der Waals surface area contributed by atoms with Crippen molar-refractivity contribution in [2.75, 3.05) is 39.8 Å². The second-order valence-corrected chi connectivity index (χ2v) is 7.29. The van der Waals surface area contributed by atoms with E-state index in [4.69, 9.17) is 0 Å². The Balaban J connectivity index is 1.74. The fraction of sp³-hybridized carbons (Fsp3) is 0.409. The highest BCUT2D eigenvalue weighted by Crippen LogP contribution is 2.22. The Bertz CT molecular complexity index is 733. The van der Waals surface area contributed by atoms with Crippen molar-refractivity contribution in [3.05, 3.63) is 70.8 Å². The molecule has 0 saturated carbocycles. The van der Waals surface area contributed by atoms with Crippen molar-refractivity contribution in [2.45, 2.75) is 19.9 Å². The Morgan fingerprint density at radius 3 is 2.31 bits per heavy atom. The van der Waals surface area contributed by atoms with Gasteiger partial charge >= 0.3 is 0 Å². The molecular weight excluding hydrogens is 322 g/mol. The maximum Gasteiger partial charge on any atom is 0.251 e. The highest BCUT2D eigenvalue weighted by atomic mass is 16.1. The molecule has 1 fully saturated rings. The second kappa shape index (κ2) is 8.47. The van der Waals surface area contributed by atoms with E-state index in [0.29, 0.717) is 6.54 Å². The molecule has 1 aliphatic heterocycles. The topological polar surface area (TPSA) is 35.6 Å². The normalized spacial score (nSPS) is 17.0. The lowest BCUT2D eigenvalue weighted by Gasteiger charge is -2.38. The summed E-state index contributed by atoms with van der Waals surface area (Å²) >= 11 is 0. The van der Waals surface area contributed by atoms with Crippen LogP contribution < -0.4 is 5.32 Å². The van der Waals surface area contributed by atoms with Gasteiger partial charge in [0.25, 0.3) is 5.91 Å². The molecule has 1 amide bonds. The fourth-order valence-corrected chi connectivity index (χ4v) is 3.49. The van der Waals surface area contributed by atoms with E-state index in [9.17, 15) is 4.79 Å². The number of rotatable bonds is 5. The largest absolute Gasteiger partial charge is 0.350 e. The molecule has 1 saturated heterocycles. The van der Waals surface area contributed by atoms with Crippen LogP contribution in [0.15, 0.2) is 48.5 Å². The van der Waals surface area contributed by atoms with Crippen LogP contribution in [0, 0.1) is 13.8 Å². The zero-order valence-corrected chi connectivity index (χ0v) is 16.0. The SMILES string of the molecule is Cc1ccc([C@@H](CNC(=O)c2ccccc2C)N2CCN(C)CC2)cc1. The number of carbonyl (C=O) groups excluding carboxylic acids is 1. The molecule has 1 N–H and O–H groups in total. The highest BCUT2D eigenvalue weighted by Gasteiger charge is 2.24. The Morgan fingerprint density at radius 1 is 1.00 bits per heavy atom. The van der Waals surface area contributed by atoms with Crippen molar-refractivity contribution < 1.29 is 4.79 Å². The molecule has 0 spiro atoms. The van der Waals surface area contributed by atoms with Gasteiger partial charge in [0, 0.05) is 38.3 Å². The van der Waals surface area contributed by atoms with Gasteiger partial charge in [-0.1, -0.05) is 48.0 Å². The van der Waals surface area contributed by atoms with Gasteiger partial charge in [-0.05, 0) is 38.1 Å². The number of aryl methyl sites for hydroxylation is 2. The van der Waals surface area contributed by atoms with Crippen LogP contribution >= 0.6 is 0 Å². The molecule has 26 heavy (non-hydrogen) atoms. The van der Waals surface area contributed by atoms with Gasteiger partial charge in [-0.15, -0.1) is 0 Å². The number of hydrogen-bond donors (Lipinski definition) is 1. The maximum absolute atomic E-state index is 12.7. The zero-order chi connectivity index (χ0) is 18.5. The van der Waals surface area contributed by atoms with Crippen LogP contribution in [0.25, 0.3) is 0 Å². The predicted octanol–water partition coefficient (Wildman–Crippen LogP) is 3.02. The van der Waals surface area contributed by atoms with E-state index in [0.717, 1.165) is 37.3 Å². The molecule has 0 aromatic heterocycles. The first-order valence-corrected chi connectivity index (χ1v) is 9.37. The van der Waals surface area contributed by atoms with Crippen LogP contribution in [0.2, 0.25) is 0 Å². The predicted molar refractivity (Wildman–Crippen MR) is 107 cm³/mol. The molecule has 0 aliphatic carbocycles. The van der Waals surface area contributed by atoms with Crippen LogP contribution in [-0.2, 0) is 0 Å². The number of hydrogen-bond acceptors (Lipinski definition) is 3. The second-order valence-electron chi connectivity index (χ2n) is 7.29. The smallest absolute Gasteiger partial charge is 0.251 e. The van der Waals surface area contributed by atoms with Gasteiger partial charge in [0.2, 0.25) is 0 Å². The summed E-state index contributed by atoms with van der Waals surface area (Å²) in [5, 5.41) is 3.17. The van der Waals surface area contributed by atoms with Gasteiger partial charge in [0.05, 0.1) is 6.04 Å². The van der Waals surface area contributed by atoms with Gasteiger partial charge in [0.15, 0.2) is 0 Å². The van der Waals surface area contributed by atoms with E-state index in [1.54, 1.807) is 0 Å². The minimum absolute atomic E-state index is 0.00865. The molecule has 2 aromatic rings. The number of carbonyl (C=O) groups is 1. The third-order valence-electron chi connectivity index (χ3n) is 5.29. The first kappa shape index (κ1) is 18.6. The summed E-state index contributed by atoms with van der Waals surface area (Å²) in [4.78, 5) is 17.5. The quantitative estimate of drug-likeness (QED) is 0.899. The summed E-state index contributed by atoms with van der Waals surface area (Å²) in [5.41, 5.74) is 4.30. The van der Waals surface area contributed by atoms with Gasteiger partial charge in [-0.3, -0.25) is 9.69 Å². The Morgan fingerprint density at radius 2 is 1.65 bits per heavy atom. The minimum atomic E-state index is 0.00865. The molecule has 4 nitrogen and oxygen atoms in total. The van der Waals surface area contributed by atoms with E-state index < -0.39 is 0 Å². The molecule has 138 valence electrons. The first-order chi connectivity index (χ1) is 12.5. The average Bonchev–Trinajstić information content (AvgIpc) is 2.65. The van der Waals surface area contributed by atoms with Crippen LogP contribution in [0.4, 0.5) is 0 Å². The van der Waals surface area contributed by atoms with Crippen molar-refractivity contribution in [3.63, 3.8) is 0 Å². The van der Waals surface area contributed by atoms with Crippen molar-refractivity contribution in [3.8, 4) is 0 Å². The molecule has 0 bridgehead atoms. The van der Waals surface area contributed by atoms with Crippen molar-refractivity contribution in [2.24, 2.45) is 0 Å². The highest BCUT2D eigenvalue weighted by molar-refractivity contribution is 5.95. The Labute approximate surface area is 156 Å². The first-order valence-electron chi connectivity index (χ1n) is 9.37. The molecule has 0 unspecified atom stereocenters. The summed E-state index contributed by atoms with van der Waals surface area (Å²) in [5.74, 6) is 0.00865. The summed E-state index contributed by atoms with van der Waals surface area (Å²) in [6, 6.07) is 16.6. The lowest BCUT2D eigenvalue weighted by atomic mass is 10.0. The number of nitrogens with one attached hydrogen (secondary N) is 1. The van der Waals surface area contributed by atoms with Gasteiger partial charge in [-0.25, -0.2) is 0 Å². The molecule has 1 atom stereocenters. The van der Waals surface area contributed by atoms with Crippen molar-refractivity contribution >= 4 is 5.91 Å². The number of piperazine rings is 1. The summed E-state index contributed by atoms with van der Waals surface area (Å²) < 4.78 is 0. The Kier molecular flexibility index (Phi) is 6.07. The zero-order valence-electron chi connectivity index (χ0n) is 16.0.